The first-order valence-corrected chi connectivity index (χ1v) is 6.37. The molecule has 114 valence electrons. The smallest absolute Gasteiger partial charge is 0.342 e. The minimum Gasteiger partial charge on any atom is -0.493 e. The number of carboxylic acid groups (broad SMARTS) is 1. The lowest BCUT2D eigenvalue weighted by atomic mass is 10.1. The molecule has 1 atom stereocenters. The van der Waals surface area contributed by atoms with Crippen molar-refractivity contribution in [3.05, 3.63) is 27.8 Å². The van der Waals surface area contributed by atoms with Crippen LogP contribution in [-0.2, 0) is 4.74 Å². The highest BCUT2D eigenvalue weighted by molar-refractivity contribution is 5.93. The molecule has 0 spiro atoms. The molecule has 1 aliphatic rings. The Morgan fingerprint density at radius 2 is 2.29 bits per heavy atom. The van der Waals surface area contributed by atoms with Crippen molar-refractivity contribution >= 4 is 11.7 Å². The van der Waals surface area contributed by atoms with Gasteiger partial charge in [-0.15, -0.1) is 0 Å². The monoisotopic (exact) mass is 297 g/mol. The van der Waals surface area contributed by atoms with Crippen LogP contribution in [0.4, 0.5) is 5.69 Å². The van der Waals surface area contributed by atoms with Crippen LogP contribution in [0.5, 0.6) is 11.5 Å². The van der Waals surface area contributed by atoms with Crippen LogP contribution >= 0.6 is 0 Å². The molecular weight excluding hydrogens is 282 g/mol. The highest BCUT2D eigenvalue weighted by Gasteiger charge is 2.25. The number of methoxy groups -OCH3 is 1. The Labute approximate surface area is 120 Å². The van der Waals surface area contributed by atoms with Crippen molar-refractivity contribution in [3.63, 3.8) is 0 Å². The Balaban J connectivity index is 2.27. The quantitative estimate of drug-likeness (QED) is 0.630. The number of carbonyl (C=O) groups is 1. The van der Waals surface area contributed by atoms with E-state index in [1.807, 2.05) is 0 Å². The largest absolute Gasteiger partial charge is 0.493 e. The Kier molecular flexibility index (Phi) is 4.59. The lowest BCUT2D eigenvalue weighted by Gasteiger charge is -2.14. The molecule has 0 radical (unpaired) electrons. The molecular formula is C13H15NO7. The van der Waals surface area contributed by atoms with Crippen molar-refractivity contribution in [1.29, 1.82) is 0 Å². The number of rotatable bonds is 6. The zero-order valence-corrected chi connectivity index (χ0v) is 11.4. The van der Waals surface area contributed by atoms with Crippen molar-refractivity contribution in [2.75, 3.05) is 20.3 Å². The molecule has 21 heavy (non-hydrogen) atoms. The van der Waals surface area contributed by atoms with Gasteiger partial charge in [-0.1, -0.05) is 0 Å². The third-order valence-electron chi connectivity index (χ3n) is 3.16. The molecule has 8 nitrogen and oxygen atoms in total. The molecule has 8 heteroatoms. The summed E-state index contributed by atoms with van der Waals surface area (Å²) < 4.78 is 15.9. The number of nitro benzene ring substituents is 1. The van der Waals surface area contributed by atoms with E-state index in [0.717, 1.165) is 25.0 Å². The first-order chi connectivity index (χ1) is 10.0. The first kappa shape index (κ1) is 15.0. The minimum absolute atomic E-state index is 0.0621. The Bertz CT molecular complexity index is 552. The van der Waals surface area contributed by atoms with Crippen LogP contribution in [0.3, 0.4) is 0 Å². The summed E-state index contributed by atoms with van der Waals surface area (Å²) in [5.74, 6) is -1.13. The van der Waals surface area contributed by atoms with E-state index in [9.17, 15) is 14.9 Å². The molecule has 1 fully saturated rings. The molecule has 0 bridgehead atoms. The van der Waals surface area contributed by atoms with Crippen molar-refractivity contribution in [2.24, 2.45) is 0 Å². The third kappa shape index (κ3) is 3.40. The number of nitrogens with zero attached hydrogens (tertiary/aromatic N) is 1. The van der Waals surface area contributed by atoms with Gasteiger partial charge in [0, 0.05) is 12.7 Å². The van der Waals surface area contributed by atoms with Gasteiger partial charge in [0.25, 0.3) is 5.69 Å². The second kappa shape index (κ2) is 6.40. The SMILES string of the molecule is COc1cc(C(=O)O)c([N+](=O)[O-])cc1OCC1CCCO1. The molecule has 1 unspecified atom stereocenters. The van der Waals surface area contributed by atoms with E-state index in [2.05, 4.69) is 0 Å². The van der Waals surface area contributed by atoms with Gasteiger partial charge in [0.15, 0.2) is 11.5 Å². The molecule has 1 saturated heterocycles. The van der Waals surface area contributed by atoms with Crippen molar-refractivity contribution < 1.29 is 29.0 Å². The predicted octanol–water partition coefficient (Wildman–Crippen LogP) is 1.86. The molecule has 1 N–H and O–H groups in total. The summed E-state index contributed by atoms with van der Waals surface area (Å²) in [6.07, 6.45) is 1.74. The number of aromatic carboxylic acids is 1. The maximum Gasteiger partial charge on any atom is 0.342 e. The fraction of sp³-hybridized carbons (Fsp3) is 0.462. The van der Waals surface area contributed by atoms with Gasteiger partial charge in [0.1, 0.15) is 12.2 Å². The predicted molar refractivity (Wildman–Crippen MR) is 71.1 cm³/mol. The van der Waals surface area contributed by atoms with Crippen LogP contribution in [0.15, 0.2) is 12.1 Å². The molecule has 0 aliphatic carbocycles. The van der Waals surface area contributed by atoms with Gasteiger partial charge in [0.05, 0.1) is 24.2 Å². The van der Waals surface area contributed by atoms with E-state index >= 15 is 0 Å². The Morgan fingerprint density at radius 3 is 2.81 bits per heavy atom. The zero-order valence-electron chi connectivity index (χ0n) is 11.4. The van der Waals surface area contributed by atoms with Gasteiger partial charge in [-0.2, -0.15) is 0 Å². The van der Waals surface area contributed by atoms with Crippen LogP contribution in [0.1, 0.15) is 23.2 Å². The van der Waals surface area contributed by atoms with Gasteiger partial charge >= 0.3 is 5.97 Å². The summed E-state index contributed by atoms with van der Waals surface area (Å²) in [7, 11) is 1.34. The van der Waals surface area contributed by atoms with Crippen molar-refractivity contribution in [3.8, 4) is 11.5 Å². The van der Waals surface area contributed by atoms with Crippen LogP contribution in [0.2, 0.25) is 0 Å². The fourth-order valence-electron chi connectivity index (χ4n) is 2.10. The van der Waals surface area contributed by atoms with E-state index in [4.69, 9.17) is 19.3 Å². The van der Waals surface area contributed by atoms with E-state index in [-0.39, 0.29) is 24.2 Å². The molecule has 1 aliphatic heterocycles. The highest BCUT2D eigenvalue weighted by atomic mass is 16.6. The minimum atomic E-state index is -1.40. The van der Waals surface area contributed by atoms with Crippen LogP contribution in [0, 0.1) is 10.1 Å². The van der Waals surface area contributed by atoms with E-state index < -0.39 is 22.1 Å². The van der Waals surface area contributed by atoms with Gasteiger partial charge in [-0.25, -0.2) is 4.79 Å². The summed E-state index contributed by atoms with van der Waals surface area (Å²) in [5, 5.41) is 20.0. The standard InChI is InChI=1S/C13H15NO7/c1-19-11-5-9(13(15)16)10(14(17)18)6-12(11)21-7-8-3-2-4-20-8/h5-6,8H,2-4,7H2,1H3,(H,15,16). The summed E-state index contributed by atoms with van der Waals surface area (Å²) in [6.45, 7) is 0.906. The highest BCUT2D eigenvalue weighted by Crippen LogP contribution is 2.35. The Hall–Kier alpha value is -2.35. The van der Waals surface area contributed by atoms with Crippen LogP contribution < -0.4 is 9.47 Å². The van der Waals surface area contributed by atoms with Crippen LogP contribution in [-0.4, -0.2) is 42.4 Å². The molecule has 0 saturated carbocycles. The number of hydrogen-bond acceptors (Lipinski definition) is 6. The molecule has 0 amide bonds. The third-order valence-corrected chi connectivity index (χ3v) is 3.16. The topological polar surface area (TPSA) is 108 Å². The second-order valence-electron chi connectivity index (χ2n) is 4.53. The lowest BCUT2D eigenvalue weighted by molar-refractivity contribution is -0.385. The first-order valence-electron chi connectivity index (χ1n) is 6.37. The maximum atomic E-state index is 11.1. The fourth-order valence-corrected chi connectivity index (χ4v) is 2.10. The van der Waals surface area contributed by atoms with Gasteiger partial charge in [-0.05, 0) is 12.8 Å². The molecule has 1 aromatic rings. The lowest BCUT2D eigenvalue weighted by Crippen LogP contribution is -2.17. The van der Waals surface area contributed by atoms with E-state index in [1.54, 1.807) is 0 Å². The number of hydrogen-bond donors (Lipinski definition) is 1. The van der Waals surface area contributed by atoms with Gasteiger partial charge in [0.2, 0.25) is 0 Å². The van der Waals surface area contributed by atoms with Gasteiger partial charge in [-0.3, -0.25) is 10.1 Å². The van der Waals surface area contributed by atoms with E-state index in [0.29, 0.717) is 6.61 Å². The van der Waals surface area contributed by atoms with Crippen molar-refractivity contribution in [2.45, 2.75) is 18.9 Å². The average molecular weight is 297 g/mol. The molecule has 1 aromatic carbocycles. The summed E-state index contributed by atoms with van der Waals surface area (Å²) in [5.41, 5.74) is -0.980. The van der Waals surface area contributed by atoms with Crippen LogP contribution in [0.25, 0.3) is 0 Å². The number of benzene rings is 1. The normalized spacial score (nSPS) is 17.5. The number of carboxylic acids is 1. The summed E-state index contributed by atoms with van der Waals surface area (Å²) in [4.78, 5) is 21.2. The van der Waals surface area contributed by atoms with E-state index in [1.165, 1.54) is 7.11 Å². The average Bonchev–Trinajstić information content (AvgIpc) is 2.97. The summed E-state index contributed by atoms with van der Waals surface area (Å²) in [6, 6.07) is 2.16. The zero-order chi connectivity index (χ0) is 15.4. The second-order valence-corrected chi connectivity index (χ2v) is 4.53. The molecule has 1 heterocycles. The number of nitro groups is 1. The van der Waals surface area contributed by atoms with Gasteiger partial charge < -0.3 is 19.3 Å². The molecule has 0 aromatic heterocycles. The Morgan fingerprint density at radius 1 is 1.52 bits per heavy atom. The summed E-state index contributed by atoms with van der Waals surface area (Å²) >= 11 is 0. The van der Waals surface area contributed by atoms with Crippen molar-refractivity contribution in [1.82, 2.24) is 0 Å². The number of ether oxygens (including phenoxy) is 3. The molecule has 2 rings (SSSR count). The maximum absolute atomic E-state index is 11.1.